The van der Waals surface area contributed by atoms with Gasteiger partial charge in [-0.05, 0) is 31.5 Å². The van der Waals surface area contributed by atoms with Crippen molar-refractivity contribution in [3.05, 3.63) is 40.4 Å². The Bertz CT molecular complexity index is 845. The van der Waals surface area contributed by atoms with Gasteiger partial charge in [-0.1, -0.05) is 24.6 Å². The topological polar surface area (TPSA) is 57.7 Å². The van der Waals surface area contributed by atoms with E-state index in [4.69, 9.17) is 11.6 Å². The molecule has 27 heavy (non-hydrogen) atoms. The molecule has 0 atom stereocenters. The maximum absolute atomic E-state index is 12.9. The molecule has 1 saturated heterocycles. The van der Waals surface area contributed by atoms with Crippen molar-refractivity contribution in [2.45, 2.75) is 31.3 Å². The fourth-order valence-corrected chi connectivity index (χ4v) is 4.71. The molecule has 0 bridgehead atoms. The molecule has 0 N–H and O–H groups in total. The van der Waals surface area contributed by atoms with E-state index < -0.39 is 26.7 Å². The van der Waals surface area contributed by atoms with Crippen LogP contribution >= 0.6 is 11.6 Å². The smallest absolute Gasteiger partial charge is 0.336 e. The van der Waals surface area contributed by atoms with E-state index in [0.29, 0.717) is 18.1 Å². The molecule has 1 aliphatic rings. The summed E-state index contributed by atoms with van der Waals surface area (Å²) in [4.78, 5) is 13.2. The highest BCUT2D eigenvalue weighted by molar-refractivity contribution is 7.89. The van der Waals surface area contributed by atoms with Crippen LogP contribution in [0.15, 0.2) is 34.7 Å². The molecule has 0 aliphatic carbocycles. The molecule has 1 aromatic rings. The highest BCUT2D eigenvalue weighted by Gasteiger charge is 2.35. The second kappa shape index (κ2) is 8.20. The Hall–Kier alpha value is -1.58. The lowest BCUT2D eigenvalue weighted by molar-refractivity contribution is -0.137. The van der Waals surface area contributed by atoms with Gasteiger partial charge in [-0.15, -0.1) is 0 Å². The van der Waals surface area contributed by atoms with Gasteiger partial charge in [-0.2, -0.15) is 17.5 Å². The van der Waals surface area contributed by atoms with Gasteiger partial charge in [0, 0.05) is 31.8 Å². The second-order valence-electron chi connectivity index (χ2n) is 6.13. The van der Waals surface area contributed by atoms with Crippen molar-refractivity contribution in [2.75, 3.05) is 26.2 Å². The maximum Gasteiger partial charge on any atom is 0.416 e. The third-order valence-corrected chi connectivity index (χ3v) is 6.63. The zero-order valence-corrected chi connectivity index (χ0v) is 16.5. The van der Waals surface area contributed by atoms with Crippen LogP contribution in [-0.4, -0.2) is 49.7 Å². The van der Waals surface area contributed by atoms with Crippen molar-refractivity contribution in [2.24, 2.45) is 0 Å². The lowest BCUT2D eigenvalue weighted by Gasteiger charge is -2.34. The van der Waals surface area contributed by atoms with E-state index in [2.05, 4.69) is 0 Å². The molecular formula is C17H20ClF3N2O3S. The summed E-state index contributed by atoms with van der Waals surface area (Å²) in [5.74, 6) is -0.175. The third-order valence-electron chi connectivity index (χ3n) is 4.25. The van der Waals surface area contributed by atoms with Crippen LogP contribution in [0.4, 0.5) is 13.2 Å². The van der Waals surface area contributed by atoms with E-state index in [1.165, 1.54) is 4.90 Å². The molecule has 0 spiro atoms. The van der Waals surface area contributed by atoms with Gasteiger partial charge in [0.15, 0.2) is 0 Å². The Balaban J connectivity index is 2.21. The summed E-state index contributed by atoms with van der Waals surface area (Å²) in [5.41, 5.74) is -0.505. The molecule has 1 amide bonds. The summed E-state index contributed by atoms with van der Waals surface area (Å²) in [7, 11) is -4.21. The molecule has 0 aromatic heterocycles. The van der Waals surface area contributed by atoms with Crippen LogP contribution in [0.3, 0.4) is 0 Å². The zero-order valence-electron chi connectivity index (χ0n) is 14.9. The first kappa shape index (κ1) is 21.7. The first-order chi connectivity index (χ1) is 12.5. The fraction of sp³-hybridized carbons (Fsp3) is 0.471. The van der Waals surface area contributed by atoms with Crippen molar-refractivity contribution in [3.63, 3.8) is 0 Å². The molecule has 150 valence electrons. The van der Waals surface area contributed by atoms with Crippen molar-refractivity contribution in [1.82, 2.24) is 9.21 Å². The summed E-state index contributed by atoms with van der Waals surface area (Å²) >= 11 is 5.86. The van der Waals surface area contributed by atoms with Crippen LogP contribution in [0.25, 0.3) is 0 Å². The number of rotatable bonds is 4. The molecule has 0 unspecified atom stereocenters. The van der Waals surface area contributed by atoms with E-state index in [1.54, 1.807) is 13.0 Å². The summed E-state index contributed by atoms with van der Waals surface area (Å²) in [5, 5.41) is -0.275. The minimum absolute atomic E-state index is 0.0138. The summed E-state index contributed by atoms with van der Waals surface area (Å²) < 4.78 is 65.3. The third kappa shape index (κ3) is 4.83. The minimum Gasteiger partial charge on any atom is -0.336 e. The number of benzene rings is 1. The van der Waals surface area contributed by atoms with Crippen LogP contribution in [0.1, 0.15) is 25.8 Å². The van der Waals surface area contributed by atoms with Gasteiger partial charge in [0.2, 0.25) is 15.9 Å². The van der Waals surface area contributed by atoms with Gasteiger partial charge in [0.25, 0.3) is 0 Å². The van der Waals surface area contributed by atoms with Crippen molar-refractivity contribution >= 4 is 27.5 Å². The van der Waals surface area contributed by atoms with Crippen LogP contribution < -0.4 is 0 Å². The van der Waals surface area contributed by atoms with Gasteiger partial charge in [0.05, 0.1) is 10.6 Å². The number of amides is 1. The van der Waals surface area contributed by atoms with E-state index >= 15 is 0 Å². The first-order valence-corrected chi connectivity index (χ1v) is 10.1. The van der Waals surface area contributed by atoms with Gasteiger partial charge in [-0.25, -0.2) is 8.42 Å². The molecule has 10 heteroatoms. The van der Waals surface area contributed by atoms with Gasteiger partial charge in [0.1, 0.15) is 4.90 Å². The minimum atomic E-state index is -4.68. The second-order valence-corrected chi connectivity index (χ2v) is 8.45. The van der Waals surface area contributed by atoms with Gasteiger partial charge < -0.3 is 4.90 Å². The molecule has 1 heterocycles. The molecule has 5 nitrogen and oxygen atoms in total. The number of halogens is 4. The Morgan fingerprint density at radius 1 is 1.22 bits per heavy atom. The van der Waals surface area contributed by atoms with E-state index in [1.807, 2.05) is 6.92 Å². The first-order valence-electron chi connectivity index (χ1n) is 8.31. The van der Waals surface area contributed by atoms with Gasteiger partial charge in [-0.3, -0.25) is 4.79 Å². The number of hydrogen-bond donors (Lipinski definition) is 0. The highest BCUT2D eigenvalue weighted by atomic mass is 35.5. The average molecular weight is 425 g/mol. The summed E-state index contributed by atoms with van der Waals surface area (Å²) in [6, 6.07) is 2.21. The Morgan fingerprint density at radius 2 is 1.81 bits per heavy atom. The average Bonchev–Trinajstić information content (AvgIpc) is 2.60. The lowest BCUT2D eigenvalue weighted by Crippen LogP contribution is -2.50. The van der Waals surface area contributed by atoms with E-state index in [-0.39, 0.29) is 37.1 Å². The van der Waals surface area contributed by atoms with Crippen LogP contribution in [0, 0.1) is 0 Å². The molecular weight excluding hydrogens is 405 g/mol. The van der Waals surface area contributed by atoms with Crippen LogP contribution in [0.5, 0.6) is 0 Å². The zero-order chi connectivity index (χ0) is 20.4. The maximum atomic E-state index is 12.9. The summed E-state index contributed by atoms with van der Waals surface area (Å²) in [6.07, 6.45) is -2.18. The van der Waals surface area contributed by atoms with Crippen molar-refractivity contribution in [3.8, 4) is 0 Å². The lowest BCUT2D eigenvalue weighted by atomic mass is 10.2. The number of carbonyl (C=O) groups excluding carboxylic acids is 1. The molecule has 1 aromatic carbocycles. The predicted octanol–water partition coefficient (Wildman–Crippen LogP) is 3.55. The molecule has 1 aliphatic heterocycles. The number of carbonyl (C=O) groups is 1. The number of piperazine rings is 1. The van der Waals surface area contributed by atoms with Crippen LogP contribution in [-0.2, 0) is 21.0 Å². The predicted molar refractivity (Wildman–Crippen MR) is 95.8 cm³/mol. The Morgan fingerprint density at radius 3 is 2.33 bits per heavy atom. The molecule has 1 fully saturated rings. The number of alkyl halides is 3. The normalized spacial score (nSPS) is 17.3. The quantitative estimate of drug-likeness (QED) is 0.694. The number of allylic oxidation sites excluding steroid dienone is 1. The van der Waals surface area contributed by atoms with E-state index in [9.17, 15) is 26.4 Å². The standard InChI is InChI=1S/C17H20ClF3N2O3S/c1-3-4-12(2)16(24)22-7-9-23(10-8-22)27(25,26)15-11-13(17(19,20)21)5-6-14(15)18/h4-6,11H,3,7-10H2,1-2H3/b12-4-. The van der Waals surface area contributed by atoms with Crippen LogP contribution in [0.2, 0.25) is 5.02 Å². The van der Waals surface area contributed by atoms with Crippen molar-refractivity contribution in [1.29, 1.82) is 0 Å². The number of sulfonamides is 1. The fourth-order valence-electron chi connectivity index (χ4n) is 2.79. The summed E-state index contributed by atoms with van der Waals surface area (Å²) in [6.45, 7) is 3.88. The Labute approximate surface area is 161 Å². The molecule has 2 rings (SSSR count). The monoisotopic (exact) mass is 424 g/mol. The largest absolute Gasteiger partial charge is 0.416 e. The Kier molecular flexibility index (Phi) is 6.59. The van der Waals surface area contributed by atoms with Crippen molar-refractivity contribution < 1.29 is 26.4 Å². The SMILES string of the molecule is CC/C=C(/C)C(=O)N1CCN(S(=O)(=O)c2cc(C(F)(F)F)ccc2Cl)CC1. The number of nitrogens with zero attached hydrogens (tertiary/aromatic N) is 2. The molecule has 0 radical (unpaired) electrons. The highest BCUT2D eigenvalue weighted by Crippen LogP contribution is 2.34. The molecule has 0 saturated carbocycles. The number of hydrogen-bond acceptors (Lipinski definition) is 3. The van der Waals surface area contributed by atoms with Gasteiger partial charge >= 0.3 is 6.18 Å². The van der Waals surface area contributed by atoms with E-state index in [0.717, 1.165) is 16.4 Å².